The molecule has 2 rings (SSSR count). The first-order valence-corrected chi connectivity index (χ1v) is 8.52. The van der Waals surface area contributed by atoms with Crippen LogP contribution >= 0.6 is 0 Å². The first-order valence-electron chi connectivity index (χ1n) is 7.08. The lowest BCUT2D eigenvalue weighted by Crippen LogP contribution is -2.23. The molecule has 1 aliphatic rings. The summed E-state index contributed by atoms with van der Waals surface area (Å²) in [5.41, 5.74) is 1.12. The van der Waals surface area contributed by atoms with Crippen LogP contribution in [0.3, 0.4) is 0 Å². The van der Waals surface area contributed by atoms with Crippen LogP contribution < -0.4 is 5.32 Å². The molecule has 4 nitrogen and oxygen atoms in total. The maximum atomic E-state index is 12.0. The first kappa shape index (κ1) is 15.5. The van der Waals surface area contributed by atoms with Gasteiger partial charge in [0, 0.05) is 20.1 Å². The number of nitrogens with one attached hydrogen (secondary N) is 1. The molecular weight excluding hydrogens is 272 g/mol. The Kier molecular flexibility index (Phi) is 4.52. The third-order valence-electron chi connectivity index (χ3n) is 4.12. The number of hydrogen-bond donors (Lipinski definition) is 1. The van der Waals surface area contributed by atoms with Crippen molar-refractivity contribution in [3.63, 3.8) is 0 Å². The molecule has 1 aromatic carbocycles. The molecule has 1 aliphatic carbocycles. The van der Waals surface area contributed by atoms with Gasteiger partial charge in [-0.05, 0) is 49.4 Å². The van der Waals surface area contributed by atoms with Crippen molar-refractivity contribution in [3.05, 3.63) is 29.8 Å². The summed E-state index contributed by atoms with van der Waals surface area (Å²) in [6.07, 6.45) is 1.32. The second-order valence-corrected chi connectivity index (χ2v) is 8.11. The minimum atomic E-state index is -3.33. The summed E-state index contributed by atoms with van der Waals surface area (Å²) in [6, 6.07) is 7.40. The lowest BCUT2D eigenvalue weighted by Gasteiger charge is -2.16. The second kappa shape index (κ2) is 5.84. The fourth-order valence-corrected chi connectivity index (χ4v) is 3.17. The van der Waals surface area contributed by atoms with E-state index in [-0.39, 0.29) is 6.04 Å². The van der Waals surface area contributed by atoms with Crippen LogP contribution in [0.2, 0.25) is 0 Å². The van der Waals surface area contributed by atoms with Gasteiger partial charge in [0.15, 0.2) is 0 Å². The largest absolute Gasteiger partial charge is 0.310 e. The van der Waals surface area contributed by atoms with Gasteiger partial charge < -0.3 is 5.32 Å². The number of nitrogens with zero attached hydrogens (tertiary/aromatic N) is 1. The summed E-state index contributed by atoms with van der Waals surface area (Å²) < 4.78 is 25.2. The molecule has 0 spiro atoms. The molecule has 1 aromatic rings. The van der Waals surface area contributed by atoms with E-state index in [1.165, 1.54) is 10.7 Å². The zero-order chi connectivity index (χ0) is 14.9. The van der Waals surface area contributed by atoms with Crippen molar-refractivity contribution in [2.45, 2.75) is 31.2 Å². The maximum absolute atomic E-state index is 12.0. The van der Waals surface area contributed by atoms with Crippen LogP contribution in [0.15, 0.2) is 29.2 Å². The van der Waals surface area contributed by atoms with Crippen LogP contribution in [0.25, 0.3) is 0 Å². The fourth-order valence-electron chi connectivity index (χ4n) is 2.27. The average molecular weight is 296 g/mol. The van der Waals surface area contributed by atoms with E-state index < -0.39 is 10.0 Å². The van der Waals surface area contributed by atoms with E-state index in [0.717, 1.165) is 23.9 Å². The van der Waals surface area contributed by atoms with Crippen molar-refractivity contribution in [2.24, 2.45) is 11.8 Å². The Balaban J connectivity index is 2.00. The van der Waals surface area contributed by atoms with E-state index in [4.69, 9.17) is 0 Å². The molecule has 5 heteroatoms. The van der Waals surface area contributed by atoms with Gasteiger partial charge in [0.2, 0.25) is 10.0 Å². The molecule has 0 aromatic heterocycles. The van der Waals surface area contributed by atoms with Gasteiger partial charge in [-0.3, -0.25) is 0 Å². The molecule has 3 unspecified atom stereocenters. The van der Waals surface area contributed by atoms with Crippen molar-refractivity contribution >= 4 is 10.0 Å². The Labute approximate surface area is 122 Å². The lowest BCUT2D eigenvalue weighted by molar-refractivity contribution is 0.520. The topological polar surface area (TPSA) is 49.4 Å². The smallest absolute Gasteiger partial charge is 0.242 e. The molecule has 112 valence electrons. The van der Waals surface area contributed by atoms with E-state index in [1.54, 1.807) is 26.2 Å². The third kappa shape index (κ3) is 3.40. The molecule has 0 bridgehead atoms. The van der Waals surface area contributed by atoms with E-state index >= 15 is 0 Å². The summed E-state index contributed by atoms with van der Waals surface area (Å²) in [7, 11) is -0.238. The van der Waals surface area contributed by atoms with Gasteiger partial charge in [-0.2, -0.15) is 0 Å². The minimum Gasteiger partial charge on any atom is -0.310 e. The molecule has 1 saturated carbocycles. The van der Waals surface area contributed by atoms with Gasteiger partial charge in [0.1, 0.15) is 0 Å². The summed E-state index contributed by atoms with van der Waals surface area (Å²) in [5.74, 6) is 1.66. The van der Waals surface area contributed by atoms with Crippen molar-refractivity contribution in [3.8, 4) is 0 Å². The second-order valence-electron chi connectivity index (χ2n) is 5.96. The Morgan fingerprint density at radius 3 is 2.30 bits per heavy atom. The van der Waals surface area contributed by atoms with E-state index in [1.807, 2.05) is 12.1 Å². The van der Waals surface area contributed by atoms with Gasteiger partial charge in [-0.25, -0.2) is 12.7 Å². The number of sulfonamides is 1. The van der Waals surface area contributed by atoms with E-state index in [2.05, 4.69) is 19.2 Å². The highest BCUT2D eigenvalue weighted by molar-refractivity contribution is 7.89. The molecule has 3 atom stereocenters. The Bertz CT molecular complexity index is 552. The van der Waals surface area contributed by atoms with Gasteiger partial charge >= 0.3 is 0 Å². The van der Waals surface area contributed by atoms with Crippen LogP contribution in [0.5, 0.6) is 0 Å². The van der Waals surface area contributed by atoms with Crippen LogP contribution in [0.1, 0.15) is 31.9 Å². The quantitative estimate of drug-likeness (QED) is 0.876. The predicted octanol–water partition coefficient (Wildman–Crippen LogP) is 2.24. The van der Waals surface area contributed by atoms with Gasteiger partial charge in [-0.1, -0.05) is 19.1 Å². The molecule has 0 amide bonds. The zero-order valence-electron chi connectivity index (χ0n) is 12.6. The highest BCUT2D eigenvalue weighted by atomic mass is 32.2. The zero-order valence-corrected chi connectivity index (χ0v) is 13.4. The SMILES string of the molecule is CC(NCC1CC1C)c1ccc(S(=O)(=O)N(C)C)cc1. The molecule has 20 heavy (non-hydrogen) atoms. The normalized spacial score (nSPS) is 23.9. The van der Waals surface area contributed by atoms with Gasteiger partial charge in [0.05, 0.1) is 4.90 Å². The highest BCUT2D eigenvalue weighted by Crippen LogP contribution is 2.37. The van der Waals surface area contributed by atoms with Gasteiger partial charge in [-0.15, -0.1) is 0 Å². The summed E-state index contributed by atoms with van der Waals surface area (Å²) in [5, 5.41) is 3.51. The highest BCUT2D eigenvalue weighted by Gasteiger charge is 2.32. The van der Waals surface area contributed by atoms with E-state index in [9.17, 15) is 8.42 Å². The van der Waals surface area contributed by atoms with Crippen LogP contribution in [-0.4, -0.2) is 33.4 Å². The van der Waals surface area contributed by atoms with Crippen molar-refractivity contribution in [1.82, 2.24) is 9.62 Å². The molecule has 0 heterocycles. The number of benzene rings is 1. The molecular formula is C15H24N2O2S. The Morgan fingerprint density at radius 1 is 1.30 bits per heavy atom. The number of hydrogen-bond acceptors (Lipinski definition) is 3. The van der Waals surface area contributed by atoms with Gasteiger partial charge in [0.25, 0.3) is 0 Å². The molecule has 0 aliphatic heterocycles. The average Bonchev–Trinajstić information content (AvgIpc) is 3.12. The van der Waals surface area contributed by atoms with E-state index in [0.29, 0.717) is 4.90 Å². The van der Waals surface area contributed by atoms with Crippen molar-refractivity contribution in [2.75, 3.05) is 20.6 Å². The summed E-state index contributed by atoms with van der Waals surface area (Å²) >= 11 is 0. The van der Waals surface area contributed by atoms with Crippen LogP contribution in [0, 0.1) is 11.8 Å². The maximum Gasteiger partial charge on any atom is 0.242 e. The standard InChI is InChI=1S/C15H24N2O2S/c1-11-9-14(11)10-16-12(2)13-5-7-15(8-6-13)20(18,19)17(3)4/h5-8,11-12,14,16H,9-10H2,1-4H3. The van der Waals surface area contributed by atoms with Crippen LogP contribution in [0.4, 0.5) is 0 Å². The Morgan fingerprint density at radius 2 is 1.85 bits per heavy atom. The summed E-state index contributed by atoms with van der Waals surface area (Å²) in [4.78, 5) is 0.342. The summed E-state index contributed by atoms with van der Waals surface area (Å²) in [6.45, 7) is 5.43. The Hall–Kier alpha value is -0.910. The number of rotatable bonds is 6. The molecule has 0 radical (unpaired) electrons. The third-order valence-corrected chi connectivity index (χ3v) is 5.95. The van der Waals surface area contributed by atoms with Crippen LogP contribution in [-0.2, 0) is 10.0 Å². The monoisotopic (exact) mass is 296 g/mol. The molecule has 0 saturated heterocycles. The minimum absolute atomic E-state index is 0.249. The molecule has 1 N–H and O–H groups in total. The first-order chi connectivity index (χ1) is 9.32. The predicted molar refractivity (Wildman–Crippen MR) is 81.0 cm³/mol. The lowest BCUT2D eigenvalue weighted by atomic mass is 10.1. The van der Waals surface area contributed by atoms with Crippen molar-refractivity contribution < 1.29 is 8.42 Å². The van der Waals surface area contributed by atoms with Crippen molar-refractivity contribution in [1.29, 1.82) is 0 Å². The molecule has 1 fully saturated rings. The fraction of sp³-hybridized carbons (Fsp3) is 0.600.